The largest absolute Gasteiger partial charge is 0.472 e. The third-order valence-corrected chi connectivity index (χ3v) is 18.7. The Labute approximate surface area is 661 Å². The fourth-order valence-corrected chi connectivity index (χ4v) is 12.2. The van der Waals surface area contributed by atoms with E-state index in [9.17, 15) is 43.5 Å². The van der Waals surface area contributed by atoms with Crippen LogP contribution in [0, 0.1) is 0 Å². The molecule has 0 saturated heterocycles. The fourth-order valence-electron chi connectivity index (χ4n) is 10.6. The molecule has 109 heavy (non-hydrogen) atoms. The van der Waals surface area contributed by atoms with Gasteiger partial charge in [-0.2, -0.15) is 0 Å². The summed E-state index contributed by atoms with van der Waals surface area (Å²) in [6.07, 6.45) is 108. The zero-order valence-corrected chi connectivity index (χ0v) is 69.4. The molecular weight excluding hydrogens is 1410 g/mol. The molecule has 0 aliphatic carbocycles. The summed E-state index contributed by atoms with van der Waals surface area (Å²) in [4.78, 5) is 58.7. The fraction of sp³-hybridized carbons (Fsp3) is 0.615. The van der Waals surface area contributed by atoms with E-state index in [1.807, 2.05) is 18.2 Å². The van der Waals surface area contributed by atoms with Gasteiger partial charge in [-0.1, -0.05) is 331 Å². The van der Waals surface area contributed by atoms with Crippen LogP contribution in [0.25, 0.3) is 0 Å². The Morgan fingerprint density at radius 2 is 0.477 bits per heavy atom. The van der Waals surface area contributed by atoms with E-state index in [-0.39, 0.29) is 19.3 Å². The van der Waals surface area contributed by atoms with Gasteiger partial charge in [0.25, 0.3) is 0 Å². The van der Waals surface area contributed by atoms with Crippen molar-refractivity contribution in [3.8, 4) is 0 Å². The third-order valence-electron chi connectivity index (χ3n) is 16.8. The molecule has 0 amide bonds. The van der Waals surface area contributed by atoms with E-state index in [0.29, 0.717) is 25.7 Å². The number of carbonyl (C=O) groups excluding carboxylic acids is 3. The van der Waals surface area contributed by atoms with E-state index < -0.39 is 91.5 Å². The van der Waals surface area contributed by atoms with Gasteiger partial charge in [0.2, 0.25) is 0 Å². The van der Waals surface area contributed by atoms with Crippen LogP contribution in [0.4, 0.5) is 0 Å². The van der Waals surface area contributed by atoms with Crippen molar-refractivity contribution in [2.45, 2.75) is 322 Å². The number of hydrogen-bond donors (Lipinski definition) is 4. The number of aliphatic hydroxyl groups is 2. The van der Waals surface area contributed by atoms with Crippen molar-refractivity contribution < 1.29 is 75.8 Å². The van der Waals surface area contributed by atoms with Crippen molar-refractivity contribution in [1.29, 1.82) is 0 Å². The maximum atomic E-state index is 13.0. The number of aliphatic hydroxyl groups excluding tert-OH is 2. The van der Waals surface area contributed by atoms with E-state index in [2.05, 4.69) is 197 Å². The Morgan fingerprint density at radius 3 is 0.789 bits per heavy atom. The van der Waals surface area contributed by atoms with Gasteiger partial charge in [0, 0.05) is 19.3 Å². The van der Waals surface area contributed by atoms with Crippen LogP contribution in [-0.2, 0) is 55.8 Å². The van der Waals surface area contributed by atoms with E-state index in [1.165, 1.54) is 103 Å². The number of hydrogen-bond acceptors (Lipinski definition) is 14. The van der Waals surface area contributed by atoms with E-state index in [1.54, 1.807) is 0 Å². The van der Waals surface area contributed by atoms with Gasteiger partial charge < -0.3 is 34.2 Å². The average molecular weight is 1560 g/mol. The van der Waals surface area contributed by atoms with Gasteiger partial charge in [-0.3, -0.25) is 32.5 Å². The zero-order valence-electron chi connectivity index (χ0n) is 67.6. The molecule has 0 aromatic heterocycles. The lowest BCUT2D eigenvalue weighted by molar-refractivity contribution is -0.161. The molecule has 0 spiro atoms. The predicted octanol–water partition coefficient (Wildman–Crippen LogP) is 25.1. The first kappa shape index (κ1) is 103. The Balaban J connectivity index is 4.53. The minimum atomic E-state index is -4.97. The van der Waals surface area contributed by atoms with Gasteiger partial charge >= 0.3 is 33.6 Å². The lowest BCUT2D eigenvalue weighted by Crippen LogP contribution is -2.30. The minimum absolute atomic E-state index is 0.0304. The average Bonchev–Trinajstić information content (AvgIpc) is 0.903. The van der Waals surface area contributed by atoms with Crippen LogP contribution in [0.5, 0.6) is 0 Å². The van der Waals surface area contributed by atoms with Gasteiger partial charge in [0.15, 0.2) is 6.10 Å². The van der Waals surface area contributed by atoms with Gasteiger partial charge in [-0.25, -0.2) is 9.13 Å². The van der Waals surface area contributed by atoms with E-state index >= 15 is 0 Å². The standard InChI is InChI=1S/C91H148O16P2/c1-4-7-10-13-16-19-22-25-28-31-34-35-36-37-38-39-40-41-42-43-44-45-46-47-48-49-52-54-56-59-62-65-68-71-74-77-89(94)101-80-86(92)81-103-108(97,98)104-82-87(93)83-105-109(99,100)106-85-88(107-91(96)79-76-73-70-67-64-61-58-55-51-33-30-27-24-21-18-15-12-9-6-3)84-102-90(95)78-75-72-69-66-63-60-57-53-50-32-29-26-23-20-17-14-11-8-5-2/h7-12,16-21,25-30,34-35,37-38,50-51,53,55,60-61,63-64,69,72,86-88,92-93H,4-6,13-15,22-24,31-33,36,39-49,52,54,56-59,62,65-68,70-71,73-85H2,1-3H3,(H,97,98)(H,99,100)/b10-7-,11-8-,12-9-,19-16-,20-17-,21-18-,28-25-,29-26-,30-27-,35-34-,38-37-,53-50-,55-51-,63-60-,64-61-,72-69-. The molecule has 0 aliphatic rings. The molecule has 4 N–H and O–H groups in total. The quantitative estimate of drug-likeness (QED) is 0.0146. The number of allylic oxidation sites excluding steroid dienone is 32. The number of esters is 3. The molecule has 0 bridgehead atoms. The maximum Gasteiger partial charge on any atom is 0.472 e. The highest BCUT2D eigenvalue weighted by Gasteiger charge is 2.29. The highest BCUT2D eigenvalue weighted by molar-refractivity contribution is 7.47. The maximum absolute atomic E-state index is 13.0. The van der Waals surface area contributed by atoms with Crippen LogP contribution in [0.1, 0.15) is 303 Å². The zero-order chi connectivity index (χ0) is 79.4. The summed E-state index contributed by atoms with van der Waals surface area (Å²) in [5, 5.41) is 20.7. The minimum Gasteiger partial charge on any atom is -0.463 e. The van der Waals surface area contributed by atoms with Crippen LogP contribution in [-0.4, -0.2) is 95.9 Å². The number of carbonyl (C=O) groups is 3. The molecule has 0 aliphatic heterocycles. The molecule has 0 aromatic rings. The number of ether oxygens (including phenoxy) is 3. The van der Waals surface area contributed by atoms with E-state index in [0.717, 1.165) is 135 Å². The van der Waals surface area contributed by atoms with Crippen molar-refractivity contribution in [3.63, 3.8) is 0 Å². The van der Waals surface area contributed by atoms with Crippen molar-refractivity contribution in [3.05, 3.63) is 194 Å². The summed E-state index contributed by atoms with van der Waals surface area (Å²) in [6.45, 7) is 2.20. The number of rotatable bonds is 77. The highest BCUT2D eigenvalue weighted by Crippen LogP contribution is 2.45. The first-order valence-electron chi connectivity index (χ1n) is 41.7. The number of phosphoric acid groups is 2. The summed E-state index contributed by atoms with van der Waals surface area (Å²) in [5.74, 6) is -1.72. The Kier molecular flexibility index (Phi) is 77.7. The Bertz CT molecular complexity index is 2760. The lowest BCUT2D eigenvalue weighted by Gasteiger charge is -2.21. The second-order valence-electron chi connectivity index (χ2n) is 27.1. The second kappa shape index (κ2) is 81.9. The van der Waals surface area contributed by atoms with Crippen molar-refractivity contribution in [2.75, 3.05) is 39.6 Å². The first-order chi connectivity index (χ1) is 53.2. The van der Waals surface area contributed by atoms with Crippen LogP contribution < -0.4 is 0 Å². The molecule has 18 heteroatoms. The van der Waals surface area contributed by atoms with Crippen LogP contribution in [0.3, 0.4) is 0 Å². The van der Waals surface area contributed by atoms with Gasteiger partial charge in [-0.05, 0) is 148 Å². The second-order valence-corrected chi connectivity index (χ2v) is 30.0. The molecule has 618 valence electrons. The molecular formula is C91H148O16P2. The monoisotopic (exact) mass is 1560 g/mol. The SMILES string of the molecule is CC/C=C\C/C=C\C/C=C\C/C=C\C/C=C\C/C=C\CCC(=O)OCC(COP(=O)(O)OCC(O)COP(=O)(O)OCC(O)COC(=O)CCCCCCCCCCCCCCCCCCCCC/C=C\C/C=C\C/C=C\C/C=C\C/C=C\CC)OC(=O)CCCCC/C=C\C/C=C\C/C=C\C/C=C\C/C=C\CC. The summed E-state index contributed by atoms with van der Waals surface area (Å²) >= 11 is 0. The smallest absolute Gasteiger partial charge is 0.463 e. The Morgan fingerprint density at radius 1 is 0.257 bits per heavy atom. The Hall–Kier alpha value is -5.61. The topological polar surface area (TPSA) is 231 Å². The molecule has 5 atom stereocenters. The van der Waals surface area contributed by atoms with Crippen LogP contribution in [0.15, 0.2) is 194 Å². The molecule has 16 nitrogen and oxygen atoms in total. The summed E-state index contributed by atoms with van der Waals surface area (Å²) in [7, 11) is -9.84. The van der Waals surface area contributed by atoms with E-state index in [4.69, 9.17) is 32.3 Å². The molecule has 0 aromatic carbocycles. The predicted molar refractivity (Wildman–Crippen MR) is 454 cm³/mol. The molecule has 0 heterocycles. The van der Waals surface area contributed by atoms with Crippen molar-refractivity contribution in [1.82, 2.24) is 0 Å². The van der Waals surface area contributed by atoms with Crippen molar-refractivity contribution >= 4 is 33.6 Å². The molecule has 0 saturated carbocycles. The summed E-state index contributed by atoms with van der Waals surface area (Å²) in [6, 6.07) is 0. The van der Waals surface area contributed by atoms with Crippen LogP contribution in [0.2, 0.25) is 0 Å². The molecule has 0 fully saturated rings. The van der Waals surface area contributed by atoms with Crippen LogP contribution >= 0.6 is 15.6 Å². The van der Waals surface area contributed by atoms with Crippen molar-refractivity contribution in [2.24, 2.45) is 0 Å². The third kappa shape index (κ3) is 83.2. The highest BCUT2D eigenvalue weighted by atomic mass is 31.2. The molecule has 5 unspecified atom stereocenters. The van der Waals surface area contributed by atoms with Gasteiger partial charge in [-0.15, -0.1) is 0 Å². The number of unbranched alkanes of at least 4 members (excludes halogenated alkanes) is 22. The normalized spacial score (nSPS) is 14.9. The molecule has 0 radical (unpaired) electrons. The van der Waals surface area contributed by atoms with Gasteiger partial charge in [0.05, 0.1) is 26.4 Å². The lowest BCUT2D eigenvalue weighted by atomic mass is 10.0. The number of phosphoric ester groups is 2. The van der Waals surface area contributed by atoms with Gasteiger partial charge in [0.1, 0.15) is 25.4 Å². The first-order valence-corrected chi connectivity index (χ1v) is 44.7. The summed E-state index contributed by atoms with van der Waals surface area (Å²) in [5.41, 5.74) is 0. The molecule has 0 rings (SSSR count). The summed E-state index contributed by atoms with van der Waals surface area (Å²) < 4.78 is 61.1.